The van der Waals surface area contributed by atoms with Crippen LogP contribution in [0.4, 0.5) is 0 Å². The molecule has 0 amide bonds. The molecule has 0 aliphatic heterocycles. The van der Waals surface area contributed by atoms with Crippen LogP contribution < -0.4 is 10.5 Å². The van der Waals surface area contributed by atoms with Crippen LogP contribution in [-0.4, -0.2) is 19.8 Å². The van der Waals surface area contributed by atoms with Crippen molar-refractivity contribution in [2.24, 2.45) is 5.73 Å². The Balaban J connectivity index is 2.18. The fourth-order valence-corrected chi connectivity index (χ4v) is 1.94. The second kappa shape index (κ2) is 4.44. The zero-order chi connectivity index (χ0) is 11.6. The summed E-state index contributed by atoms with van der Waals surface area (Å²) in [6.07, 6.45) is 3.19. The van der Waals surface area contributed by atoms with E-state index in [1.807, 2.05) is 6.07 Å². The monoisotopic (exact) mass is 221 g/mol. The van der Waals surface area contributed by atoms with Gasteiger partial charge in [-0.2, -0.15) is 0 Å². The van der Waals surface area contributed by atoms with Gasteiger partial charge >= 0.3 is 0 Å². The minimum atomic E-state index is 0.0384. The first-order valence-electron chi connectivity index (χ1n) is 5.60. The molecule has 2 N–H and O–H groups in total. The molecule has 1 fully saturated rings. The van der Waals surface area contributed by atoms with Gasteiger partial charge in [-0.05, 0) is 42.5 Å². The van der Waals surface area contributed by atoms with Gasteiger partial charge in [0.1, 0.15) is 5.75 Å². The van der Waals surface area contributed by atoms with E-state index in [4.69, 9.17) is 15.2 Å². The van der Waals surface area contributed by atoms with E-state index in [0.717, 1.165) is 30.6 Å². The van der Waals surface area contributed by atoms with Crippen molar-refractivity contribution in [3.05, 3.63) is 29.3 Å². The molecule has 1 saturated carbocycles. The van der Waals surface area contributed by atoms with Crippen LogP contribution in [0, 0.1) is 0 Å². The zero-order valence-corrected chi connectivity index (χ0v) is 9.95. The van der Waals surface area contributed by atoms with Crippen molar-refractivity contribution in [3.8, 4) is 5.75 Å². The minimum Gasteiger partial charge on any atom is -0.497 e. The average molecular weight is 221 g/mol. The van der Waals surface area contributed by atoms with E-state index in [1.54, 1.807) is 14.2 Å². The van der Waals surface area contributed by atoms with Crippen LogP contribution in [0.2, 0.25) is 0 Å². The smallest absolute Gasteiger partial charge is 0.119 e. The van der Waals surface area contributed by atoms with E-state index in [1.165, 1.54) is 5.56 Å². The quantitative estimate of drug-likeness (QED) is 0.825. The third kappa shape index (κ3) is 2.74. The molecule has 16 heavy (non-hydrogen) atoms. The highest BCUT2D eigenvalue weighted by molar-refractivity contribution is 5.35. The van der Waals surface area contributed by atoms with E-state index in [-0.39, 0.29) is 5.54 Å². The molecule has 0 bridgehead atoms. The van der Waals surface area contributed by atoms with Crippen molar-refractivity contribution in [3.63, 3.8) is 0 Å². The van der Waals surface area contributed by atoms with Crippen molar-refractivity contribution in [1.29, 1.82) is 0 Å². The molecule has 1 aromatic rings. The Morgan fingerprint density at radius 3 is 2.44 bits per heavy atom. The van der Waals surface area contributed by atoms with Crippen LogP contribution in [0.5, 0.6) is 5.75 Å². The third-order valence-corrected chi connectivity index (χ3v) is 3.02. The van der Waals surface area contributed by atoms with Gasteiger partial charge in [0.05, 0.1) is 13.7 Å². The lowest BCUT2D eigenvalue weighted by Gasteiger charge is -2.12. The highest BCUT2D eigenvalue weighted by Crippen LogP contribution is 2.36. The van der Waals surface area contributed by atoms with E-state index in [9.17, 15) is 0 Å². The standard InChI is InChI=1S/C13H19NO2/c1-15-9-11-5-10(6-12(7-11)16-2)8-13(14)3-4-13/h5-7H,3-4,8-9,14H2,1-2H3. The molecule has 0 aromatic heterocycles. The molecule has 1 aliphatic rings. The summed E-state index contributed by atoms with van der Waals surface area (Å²) in [6.45, 7) is 0.613. The predicted molar refractivity (Wildman–Crippen MR) is 63.6 cm³/mol. The summed E-state index contributed by atoms with van der Waals surface area (Å²) in [5, 5.41) is 0. The van der Waals surface area contributed by atoms with Gasteiger partial charge < -0.3 is 15.2 Å². The van der Waals surface area contributed by atoms with Gasteiger partial charge in [0.25, 0.3) is 0 Å². The van der Waals surface area contributed by atoms with Crippen LogP contribution in [0.25, 0.3) is 0 Å². The lowest BCUT2D eigenvalue weighted by molar-refractivity contribution is 0.184. The maximum Gasteiger partial charge on any atom is 0.119 e. The van der Waals surface area contributed by atoms with Gasteiger partial charge in [0, 0.05) is 12.6 Å². The number of ether oxygens (including phenoxy) is 2. The Morgan fingerprint density at radius 1 is 1.19 bits per heavy atom. The van der Waals surface area contributed by atoms with Crippen molar-refractivity contribution in [2.75, 3.05) is 14.2 Å². The highest BCUT2D eigenvalue weighted by Gasteiger charge is 2.38. The summed E-state index contributed by atoms with van der Waals surface area (Å²) >= 11 is 0. The number of rotatable bonds is 5. The molecule has 3 heteroatoms. The predicted octanol–water partition coefficient (Wildman–Crippen LogP) is 1.88. The summed E-state index contributed by atoms with van der Waals surface area (Å²) < 4.78 is 10.4. The summed E-state index contributed by atoms with van der Waals surface area (Å²) in [6, 6.07) is 6.22. The summed E-state index contributed by atoms with van der Waals surface area (Å²) in [7, 11) is 3.38. The lowest BCUT2D eigenvalue weighted by Crippen LogP contribution is -2.24. The highest BCUT2D eigenvalue weighted by atomic mass is 16.5. The van der Waals surface area contributed by atoms with E-state index >= 15 is 0 Å². The molecule has 0 radical (unpaired) electrons. The fraction of sp³-hybridized carbons (Fsp3) is 0.538. The van der Waals surface area contributed by atoms with Crippen LogP contribution in [0.1, 0.15) is 24.0 Å². The van der Waals surface area contributed by atoms with E-state index in [2.05, 4.69) is 12.1 Å². The van der Waals surface area contributed by atoms with E-state index < -0.39 is 0 Å². The summed E-state index contributed by atoms with van der Waals surface area (Å²) in [5.74, 6) is 0.883. The summed E-state index contributed by atoms with van der Waals surface area (Å²) in [4.78, 5) is 0. The Labute approximate surface area is 96.5 Å². The van der Waals surface area contributed by atoms with Crippen LogP contribution in [0.15, 0.2) is 18.2 Å². The van der Waals surface area contributed by atoms with Crippen molar-refractivity contribution in [1.82, 2.24) is 0 Å². The Kier molecular flexibility index (Phi) is 3.17. The number of hydrogen-bond acceptors (Lipinski definition) is 3. The van der Waals surface area contributed by atoms with Gasteiger partial charge in [-0.3, -0.25) is 0 Å². The van der Waals surface area contributed by atoms with Gasteiger partial charge in [0.2, 0.25) is 0 Å². The van der Waals surface area contributed by atoms with Crippen molar-refractivity contribution in [2.45, 2.75) is 31.4 Å². The maximum absolute atomic E-state index is 6.12. The molecule has 0 heterocycles. The second-order valence-electron chi connectivity index (χ2n) is 4.66. The molecular formula is C13H19NO2. The first kappa shape index (κ1) is 11.4. The minimum absolute atomic E-state index is 0.0384. The molecule has 3 nitrogen and oxygen atoms in total. The first-order chi connectivity index (χ1) is 7.65. The molecule has 0 spiro atoms. The van der Waals surface area contributed by atoms with E-state index in [0.29, 0.717) is 6.61 Å². The summed E-state index contributed by atoms with van der Waals surface area (Å²) in [5.41, 5.74) is 8.54. The molecular weight excluding hydrogens is 202 g/mol. The molecule has 2 rings (SSSR count). The average Bonchev–Trinajstić information content (AvgIpc) is 2.96. The Hall–Kier alpha value is -1.06. The van der Waals surface area contributed by atoms with Crippen LogP contribution in [-0.2, 0) is 17.8 Å². The molecule has 0 unspecified atom stereocenters. The maximum atomic E-state index is 6.12. The Morgan fingerprint density at radius 2 is 1.88 bits per heavy atom. The number of methoxy groups -OCH3 is 2. The zero-order valence-electron chi connectivity index (χ0n) is 9.95. The van der Waals surface area contributed by atoms with Gasteiger partial charge in [-0.15, -0.1) is 0 Å². The SMILES string of the molecule is COCc1cc(CC2(N)CC2)cc(OC)c1. The normalized spacial score (nSPS) is 17.2. The van der Waals surface area contributed by atoms with Crippen LogP contribution >= 0.6 is 0 Å². The molecule has 1 aromatic carbocycles. The van der Waals surface area contributed by atoms with Crippen molar-refractivity contribution >= 4 is 0 Å². The van der Waals surface area contributed by atoms with Crippen LogP contribution in [0.3, 0.4) is 0 Å². The second-order valence-corrected chi connectivity index (χ2v) is 4.66. The van der Waals surface area contributed by atoms with Crippen molar-refractivity contribution < 1.29 is 9.47 Å². The lowest BCUT2D eigenvalue weighted by atomic mass is 10.0. The van der Waals surface area contributed by atoms with Gasteiger partial charge in [-0.25, -0.2) is 0 Å². The van der Waals surface area contributed by atoms with Gasteiger partial charge in [-0.1, -0.05) is 6.07 Å². The molecule has 0 atom stereocenters. The number of nitrogens with two attached hydrogens (primary N) is 1. The Bertz CT molecular complexity index is 372. The third-order valence-electron chi connectivity index (χ3n) is 3.02. The topological polar surface area (TPSA) is 44.5 Å². The number of benzene rings is 1. The fourth-order valence-electron chi connectivity index (χ4n) is 1.94. The number of hydrogen-bond donors (Lipinski definition) is 1. The molecule has 1 aliphatic carbocycles. The van der Waals surface area contributed by atoms with Gasteiger partial charge in [0.15, 0.2) is 0 Å². The molecule has 88 valence electrons. The first-order valence-corrected chi connectivity index (χ1v) is 5.60. The molecule has 0 saturated heterocycles. The largest absolute Gasteiger partial charge is 0.497 e.